The van der Waals surface area contributed by atoms with Gasteiger partial charge in [0, 0.05) is 41.8 Å². The molecule has 1 aromatic heterocycles. The zero-order chi connectivity index (χ0) is 26.4. The van der Waals surface area contributed by atoms with Crippen LogP contribution in [0.3, 0.4) is 0 Å². The lowest BCUT2D eigenvalue weighted by atomic mass is 10.0. The summed E-state index contributed by atoms with van der Waals surface area (Å²) in [6.45, 7) is 4.94. The molecule has 196 valence electrons. The first-order valence-corrected chi connectivity index (χ1v) is 12.3. The predicted molar refractivity (Wildman–Crippen MR) is 138 cm³/mol. The van der Waals surface area contributed by atoms with Crippen LogP contribution in [-0.2, 0) is 22.5 Å². The monoisotopic (exact) mass is 508 g/mol. The van der Waals surface area contributed by atoms with E-state index in [-0.39, 0.29) is 25.6 Å². The number of methoxy groups -OCH3 is 2. The standard InChI is InChI=1S/C28H32N2O7/c1-5-7-10-30-16-29-22(27(30)21-9-8-20(33-3)14-23(21)31)12-19(28(32)35-6-2)11-18-13-25-26(37-17-36-25)15-24(18)34-4/h8-9,12-16,31H,5-7,10-11,17H2,1-4H3. The Morgan fingerprint density at radius 3 is 2.59 bits per heavy atom. The summed E-state index contributed by atoms with van der Waals surface area (Å²) in [6.07, 6.45) is 5.58. The second kappa shape index (κ2) is 11.7. The van der Waals surface area contributed by atoms with Crippen LogP contribution in [-0.4, -0.2) is 48.2 Å². The first-order chi connectivity index (χ1) is 18.0. The highest BCUT2D eigenvalue weighted by Crippen LogP contribution is 2.40. The van der Waals surface area contributed by atoms with E-state index >= 15 is 0 Å². The lowest BCUT2D eigenvalue weighted by molar-refractivity contribution is -0.138. The van der Waals surface area contributed by atoms with E-state index in [1.165, 1.54) is 0 Å². The zero-order valence-corrected chi connectivity index (χ0v) is 21.6. The summed E-state index contributed by atoms with van der Waals surface area (Å²) in [5.41, 5.74) is 2.95. The maximum absolute atomic E-state index is 13.1. The normalized spacial score (nSPS) is 12.5. The van der Waals surface area contributed by atoms with Crippen molar-refractivity contribution in [1.29, 1.82) is 0 Å². The number of esters is 1. The Kier molecular flexibility index (Phi) is 8.22. The zero-order valence-electron chi connectivity index (χ0n) is 21.6. The second-order valence-corrected chi connectivity index (χ2v) is 8.49. The van der Waals surface area contributed by atoms with Gasteiger partial charge in [0.1, 0.15) is 17.2 Å². The summed E-state index contributed by atoms with van der Waals surface area (Å²) in [5.74, 6) is 1.89. The van der Waals surface area contributed by atoms with Gasteiger partial charge in [0.05, 0.1) is 38.5 Å². The number of benzene rings is 2. The van der Waals surface area contributed by atoms with Crippen LogP contribution in [0.5, 0.6) is 28.7 Å². The van der Waals surface area contributed by atoms with Gasteiger partial charge in [-0.1, -0.05) is 13.3 Å². The first-order valence-electron chi connectivity index (χ1n) is 12.3. The number of aryl methyl sites for hydroxylation is 1. The summed E-state index contributed by atoms with van der Waals surface area (Å²) in [7, 11) is 3.11. The number of nitrogens with zero attached hydrogens (tertiary/aromatic N) is 2. The molecule has 0 atom stereocenters. The maximum Gasteiger partial charge on any atom is 0.334 e. The fourth-order valence-corrected chi connectivity index (χ4v) is 4.20. The quantitative estimate of drug-likeness (QED) is 0.286. The fourth-order valence-electron chi connectivity index (χ4n) is 4.20. The van der Waals surface area contributed by atoms with Gasteiger partial charge < -0.3 is 33.4 Å². The van der Waals surface area contributed by atoms with Crippen LogP contribution in [0.2, 0.25) is 0 Å². The van der Waals surface area contributed by atoms with Crippen LogP contribution in [0.15, 0.2) is 42.2 Å². The summed E-state index contributed by atoms with van der Waals surface area (Å²) >= 11 is 0. The van der Waals surface area contributed by atoms with Crippen molar-refractivity contribution < 1.29 is 33.6 Å². The SMILES string of the molecule is CCCCn1cnc(C=C(Cc2cc3c(cc2OC)OCO3)C(=O)OCC)c1-c1ccc(OC)cc1O. The van der Waals surface area contributed by atoms with E-state index in [4.69, 9.17) is 23.7 Å². The lowest BCUT2D eigenvalue weighted by Crippen LogP contribution is -2.11. The van der Waals surface area contributed by atoms with E-state index in [9.17, 15) is 9.90 Å². The minimum absolute atomic E-state index is 0.0578. The van der Waals surface area contributed by atoms with Gasteiger partial charge in [-0.05, 0) is 37.6 Å². The molecule has 0 fully saturated rings. The Bertz CT molecular complexity index is 1300. The number of hydrogen-bond donors (Lipinski definition) is 1. The molecule has 1 aliphatic rings. The third-order valence-corrected chi connectivity index (χ3v) is 6.08. The minimum Gasteiger partial charge on any atom is -0.507 e. The Balaban J connectivity index is 1.81. The summed E-state index contributed by atoms with van der Waals surface area (Å²) in [4.78, 5) is 17.7. The van der Waals surface area contributed by atoms with Crippen molar-refractivity contribution in [2.75, 3.05) is 27.6 Å². The largest absolute Gasteiger partial charge is 0.507 e. The van der Waals surface area contributed by atoms with Gasteiger partial charge in [-0.2, -0.15) is 0 Å². The number of carbonyl (C=O) groups excluding carboxylic acids is 1. The number of unbranched alkanes of at least 4 members (excludes halogenated alkanes) is 1. The number of hydrogen-bond acceptors (Lipinski definition) is 8. The first kappa shape index (κ1) is 25.9. The molecule has 0 radical (unpaired) electrons. The molecule has 0 bridgehead atoms. The van der Waals surface area contributed by atoms with Crippen molar-refractivity contribution in [1.82, 2.24) is 9.55 Å². The van der Waals surface area contributed by atoms with Gasteiger partial charge in [-0.25, -0.2) is 9.78 Å². The third-order valence-electron chi connectivity index (χ3n) is 6.08. The number of imidazole rings is 1. The predicted octanol–water partition coefficient (Wildman–Crippen LogP) is 4.99. The maximum atomic E-state index is 13.1. The van der Waals surface area contributed by atoms with Crippen molar-refractivity contribution in [2.45, 2.75) is 39.7 Å². The molecule has 9 heteroatoms. The second-order valence-electron chi connectivity index (χ2n) is 8.49. The highest BCUT2D eigenvalue weighted by Gasteiger charge is 2.23. The molecule has 0 unspecified atom stereocenters. The molecule has 0 aliphatic carbocycles. The molecule has 3 aromatic rings. The van der Waals surface area contributed by atoms with Gasteiger partial charge in [0.2, 0.25) is 6.79 Å². The number of rotatable bonds is 11. The Labute approximate surface area is 216 Å². The molecule has 2 heterocycles. The van der Waals surface area contributed by atoms with Crippen LogP contribution in [0.4, 0.5) is 0 Å². The van der Waals surface area contributed by atoms with E-state index in [2.05, 4.69) is 11.9 Å². The highest BCUT2D eigenvalue weighted by atomic mass is 16.7. The van der Waals surface area contributed by atoms with E-state index < -0.39 is 5.97 Å². The number of aromatic nitrogens is 2. The lowest BCUT2D eigenvalue weighted by Gasteiger charge is -2.14. The van der Waals surface area contributed by atoms with E-state index in [0.29, 0.717) is 52.1 Å². The molecule has 0 saturated carbocycles. The van der Waals surface area contributed by atoms with Crippen LogP contribution < -0.4 is 18.9 Å². The van der Waals surface area contributed by atoms with Gasteiger partial charge in [-0.15, -0.1) is 0 Å². The molecule has 1 N–H and O–H groups in total. The average molecular weight is 509 g/mol. The number of ether oxygens (including phenoxy) is 5. The average Bonchev–Trinajstić information content (AvgIpc) is 3.52. The molecule has 0 saturated heterocycles. The molecule has 4 rings (SSSR count). The van der Waals surface area contributed by atoms with Crippen molar-refractivity contribution in [3.63, 3.8) is 0 Å². The molecule has 0 spiro atoms. The summed E-state index contributed by atoms with van der Waals surface area (Å²) in [6, 6.07) is 8.69. The van der Waals surface area contributed by atoms with Crippen molar-refractivity contribution in [2.24, 2.45) is 0 Å². The Morgan fingerprint density at radius 1 is 1.14 bits per heavy atom. The molecular formula is C28H32N2O7. The van der Waals surface area contributed by atoms with Gasteiger partial charge in [0.15, 0.2) is 11.5 Å². The fraction of sp³-hybridized carbons (Fsp3) is 0.357. The number of aromatic hydroxyl groups is 1. The number of fused-ring (bicyclic) bond motifs is 1. The number of phenolic OH excluding ortho intramolecular Hbond substituents is 1. The molecule has 2 aromatic carbocycles. The smallest absolute Gasteiger partial charge is 0.334 e. The van der Waals surface area contributed by atoms with Gasteiger partial charge in [0.25, 0.3) is 0 Å². The van der Waals surface area contributed by atoms with Crippen molar-refractivity contribution in [3.8, 4) is 40.0 Å². The minimum atomic E-state index is -0.463. The van der Waals surface area contributed by atoms with Crippen LogP contribution in [0.1, 0.15) is 37.9 Å². The van der Waals surface area contributed by atoms with Crippen molar-refractivity contribution in [3.05, 3.63) is 53.5 Å². The van der Waals surface area contributed by atoms with Gasteiger partial charge >= 0.3 is 5.97 Å². The molecule has 37 heavy (non-hydrogen) atoms. The van der Waals surface area contributed by atoms with Crippen LogP contribution in [0.25, 0.3) is 17.3 Å². The summed E-state index contributed by atoms with van der Waals surface area (Å²) < 4.78 is 29.2. The van der Waals surface area contributed by atoms with Crippen LogP contribution in [0, 0.1) is 0 Å². The molecule has 0 amide bonds. The topological polar surface area (TPSA) is 101 Å². The number of carbonyl (C=O) groups is 1. The number of phenols is 1. The Hall–Kier alpha value is -4.14. The molecule has 9 nitrogen and oxygen atoms in total. The third kappa shape index (κ3) is 5.66. The van der Waals surface area contributed by atoms with E-state index in [1.54, 1.807) is 57.8 Å². The van der Waals surface area contributed by atoms with Gasteiger partial charge in [-0.3, -0.25) is 0 Å². The van der Waals surface area contributed by atoms with Crippen LogP contribution >= 0.6 is 0 Å². The molecular weight excluding hydrogens is 476 g/mol. The Morgan fingerprint density at radius 2 is 1.92 bits per heavy atom. The molecule has 1 aliphatic heterocycles. The summed E-state index contributed by atoms with van der Waals surface area (Å²) in [5, 5.41) is 10.8. The van der Waals surface area contributed by atoms with E-state index in [1.807, 2.05) is 10.6 Å². The van der Waals surface area contributed by atoms with E-state index in [0.717, 1.165) is 18.4 Å². The van der Waals surface area contributed by atoms with Crippen molar-refractivity contribution >= 4 is 12.0 Å². The highest BCUT2D eigenvalue weighted by molar-refractivity contribution is 5.95.